The summed E-state index contributed by atoms with van der Waals surface area (Å²) in [7, 11) is 0. The Morgan fingerprint density at radius 2 is 1.90 bits per heavy atom. The normalized spacial score (nSPS) is 45.5. The second-order valence-electron chi connectivity index (χ2n) is 7.20. The van der Waals surface area contributed by atoms with Gasteiger partial charge in [0.25, 0.3) is 0 Å². The van der Waals surface area contributed by atoms with E-state index in [0.717, 1.165) is 19.3 Å². The molecule has 4 aliphatic rings. The summed E-state index contributed by atoms with van der Waals surface area (Å²) in [5.41, 5.74) is -1.18. The van der Waals surface area contributed by atoms with Crippen molar-refractivity contribution in [3.8, 4) is 0 Å². The molecular weight excluding hydrogens is 256 g/mol. The number of carbonyl (C=O) groups excluding carboxylic acids is 1. The number of hydrogen-bond donors (Lipinski definition) is 1. The molecule has 1 N–H and O–H groups in total. The van der Waals surface area contributed by atoms with Crippen LogP contribution in [-0.2, 0) is 14.3 Å². The Morgan fingerprint density at radius 3 is 2.50 bits per heavy atom. The predicted octanol–water partition coefficient (Wildman–Crippen LogP) is 2.35. The highest BCUT2D eigenvalue weighted by Crippen LogP contribution is 2.61. The van der Waals surface area contributed by atoms with Gasteiger partial charge in [-0.2, -0.15) is 0 Å². The van der Waals surface area contributed by atoms with Crippen molar-refractivity contribution in [1.29, 1.82) is 0 Å². The van der Waals surface area contributed by atoms with Crippen LogP contribution >= 0.6 is 0 Å². The molecule has 0 spiro atoms. The van der Waals surface area contributed by atoms with E-state index in [9.17, 15) is 9.90 Å². The maximum atomic E-state index is 11.9. The number of carbonyl (C=O) groups is 1. The van der Waals surface area contributed by atoms with Gasteiger partial charge in [0.2, 0.25) is 0 Å². The predicted molar refractivity (Wildman–Crippen MR) is 74.1 cm³/mol. The van der Waals surface area contributed by atoms with E-state index in [4.69, 9.17) is 9.47 Å². The first kappa shape index (κ1) is 14.1. The number of esters is 1. The Morgan fingerprint density at radius 1 is 1.25 bits per heavy atom. The van der Waals surface area contributed by atoms with Gasteiger partial charge in [0.1, 0.15) is 5.60 Å². The van der Waals surface area contributed by atoms with Crippen molar-refractivity contribution < 1.29 is 19.4 Å². The van der Waals surface area contributed by atoms with Crippen LogP contribution in [0.3, 0.4) is 0 Å². The molecule has 0 aromatic carbocycles. The molecular formula is C16H24O4. The Balaban J connectivity index is 1.89. The lowest BCUT2D eigenvalue weighted by Gasteiger charge is -2.63. The summed E-state index contributed by atoms with van der Waals surface area (Å²) in [5.74, 6) is 0.0444. The lowest BCUT2D eigenvalue weighted by atomic mass is 9.50. The first-order valence-electron chi connectivity index (χ1n) is 7.55. The highest BCUT2D eigenvalue weighted by atomic mass is 16.6. The molecule has 4 nitrogen and oxygen atoms in total. The van der Waals surface area contributed by atoms with Crippen LogP contribution in [0.4, 0.5) is 0 Å². The van der Waals surface area contributed by atoms with E-state index in [1.165, 1.54) is 0 Å². The van der Waals surface area contributed by atoms with Gasteiger partial charge >= 0.3 is 5.97 Å². The van der Waals surface area contributed by atoms with Crippen LogP contribution in [0, 0.1) is 5.92 Å². The van der Waals surface area contributed by atoms with Crippen LogP contribution in [0.25, 0.3) is 0 Å². The minimum Gasteiger partial charge on any atom is -0.455 e. The molecule has 0 amide bonds. The maximum Gasteiger partial charge on any atom is 0.333 e. The third kappa shape index (κ3) is 2.19. The topological polar surface area (TPSA) is 55.8 Å². The molecule has 4 fully saturated rings. The van der Waals surface area contributed by atoms with Crippen molar-refractivity contribution in [2.24, 2.45) is 5.92 Å². The lowest BCUT2D eigenvalue weighted by Crippen LogP contribution is -2.67. The van der Waals surface area contributed by atoms with E-state index in [-0.39, 0.29) is 11.6 Å². The van der Waals surface area contributed by atoms with Crippen molar-refractivity contribution in [3.05, 3.63) is 12.2 Å². The zero-order valence-electron chi connectivity index (χ0n) is 12.4. The van der Waals surface area contributed by atoms with Gasteiger partial charge in [0, 0.05) is 31.4 Å². The van der Waals surface area contributed by atoms with Crippen LogP contribution in [0.5, 0.6) is 0 Å². The van der Waals surface area contributed by atoms with E-state index in [1.54, 1.807) is 6.92 Å². The molecule has 0 aromatic rings. The van der Waals surface area contributed by atoms with Crippen LogP contribution in [0.15, 0.2) is 12.2 Å². The SMILES string of the molecule is C=C(C)C(=O)OC12CC3CC(O)(CC(OCC)(C3)C1)C2. The van der Waals surface area contributed by atoms with Gasteiger partial charge in [-0.1, -0.05) is 6.58 Å². The van der Waals surface area contributed by atoms with Crippen molar-refractivity contribution in [2.75, 3.05) is 6.61 Å². The smallest absolute Gasteiger partial charge is 0.333 e. The summed E-state index contributed by atoms with van der Waals surface area (Å²) < 4.78 is 11.8. The van der Waals surface area contributed by atoms with E-state index >= 15 is 0 Å². The number of rotatable bonds is 4. The molecule has 0 aromatic heterocycles. The van der Waals surface area contributed by atoms with Crippen molar-refractivity contribution >= 4 is 5.97 Å². The first-order valence-corrected chi connectivity index (χ1v) is 7.55. The zero-order chi connectivity index (χ0) is 14.6. The zero-order valence-corrected chi connectivity index (χ0v) is 12.4. The molecule has 0 saturated heterocycles. The van der Waals surface area contributed by atoms with Crippen LogP contribution in [0.2, 0.25) is 0 Å². The molecule has 112 valence electrons. The Kier molecular flexibility index (Phi) is 3.04. The highest BCUT2D eigenvalue weighted by Gasteiger charge is 2.65. The van der Waals surface area contributed by atoms with E-state index in [0.29, 0.717) is 37.4 Å². The van der Waals surface area contributed by atoms with E-state index in [1.807, 2.05) is 6.92 Å². The van der Waals surface area contributed by atoms with Crippen LogP contribution in [0.1, 0.15) is 52.4 Å². The van der Waals surface area contributed by atoms with Crippen molar-refractivity contribution in [3.63, 3.8) is 0 Å². The second-order valence-corrected chi connectivity index (χ2v) is 7.20. The summed E-state index contributed by atoms with van der Waals surface area (Å²) in [6.45, 7) is 7.93. The number of hydrogen-bond acceptors (Lipinski definition) is 4. The summed E-state index contributed by atoms with van der Waals surface area (Å²) in [6, 6.07) is 0. The van der Waals surface area contributed by atoms with Gasteiger partial charge < -0.3 is 14.6 Å². The third-order valence-electron chi connectivity index (χ3n) is 5.04. The van der Waals surface area contributed by atoms with Crippen LogP contribution in [-0.4, -0.2) is 34.5 Å². The van der Waals surface area contributed by atoms with Crippen LogP contribution < -0.4 is 0 Å². The second kappa shape index (κ2) is 4.31. The molecule has 4 aliphatic carbocycles. The summed E-state index contributed by atoms with van der Waals surface area (Å²) in [5, 5.41) is 10.8. The minimum atomic E-state index is -0.732. The molecule has 4 saturated carbocycles. The van der Waals surface area contributed by atoms with Crippen molar-refractivity contribution in [2.45, 2.75) is 69.2 Å². The lowest BCUT2D eigenvalue weighted by molar-refractivity contribution is -0.271. The fourth-order valence-corrected chi connectivity index (χ4v) is 5.08. The third-order valence-corrected chi connectivity index (χ3v) is 5.04. The van der Waals surface area contributed by atoms with Crippen molar-refractivity contribution in [1.82, 2.24) is 0 Å². The molecule has 4 bridgehead atoms. The fourth-order valence-electron chi connectivity index (χ4n) is 5.08. The Labute approximate surface area is 120 Å². The summed E-state index contributed by atoms with van der Waals surface area (Å²) in [6.07, 6.45) is 4.58. The summed E-state index contributed by atoms with van der Waals surface area (Å²) in [4.78, 5) is 11.9. The molecule has 4 rings (SSSR count). The minimum absolute atomic E-state index is 0.307. The van der Waals surface area contributed by atoms with Gasteiger partial charge in [-0.05, 0) is 39.0 Å². The van der Waals surface area contributed by atoms with Gasteiger partial charge in [0.15, 0.2) is 0 Å². The maximum absolute atomic E-state index is 11.9. The molecule has 0 heterocycles. The molecule has 4 atom stereocenters. The number of aliphatic hydroxyl groups is 1. The average Bonchev–Trinajstić information content (AvgIpc) is 2.23. The number of ether oxygens (including phenoxy) is 2. The largest absolute Gasteiger partial charge is 0.455 e. The Hall–Kier alpha value is -0.870. The van der Waals surface area contributed by atoms with Gasteiger partial charge in [-0.25, -0.2) is 4.79 Å². The highest BCUT2D eigenvalue weighted by molar-refractivity contribution is 5.87. The fraction of sp³-hybridized carbons (Fsp3) is 0.812. The van der Waals surface area contributed by atoms with E-state index < -0.39 is 11.2 Å². The molecule has 20 heavy (non-hydrogen) atoms. The average molecular weight is 280 g/mol. The molecule has 4 unspecified atom stereocenters. The van der Waals surface area contributed by atoms with Gasteiger partial charge in [0.05, 0.1) is 11.2 Å². The molecule has 4 heteroatoms. The quantitative estimate of drug-likeness (QED) is 0.634. The van der Waals surface area contributed by atoms with Gasteiger partial charge in [-0.15, -0.1) is 0 Å². The monoisotopic (exact) mass is 280 g/mol. The molecule has 0 radical (unpaired) electrons. The molecule has 0 aliphatic heterocycles. The van der Waals surface area contributed by atoms with E-state index in [2.05, 4.69) is 6.58 Å². The first-order chi connectivity index (χ1) is 9.29. The Bertz CT molecular complexity index is 459. The summed E-state index contributed by atoms with van der Waals surface area (Å²) >= 11 is 0. The standard InChI is InChI=1S/C16H24O4/c1-4-19-15-6-12-5-14(18,8-15)9-16(7-12,10-15)20-13(17)11(2)3/h12,18H,2,4-10H2,1,3H3. The van der Waals surface area contributed by atoms with Gasteiger partial charge in [-0.3, -0.25) is 0 Å².